The summed E-state index contributed by atoms with van der Waals surface area (Å²) in [5.41, 5.74) is 1.77. The molecule has 0 radical (unpaired) electrons. The molecule has 1 aliphatic heterocycles. The van der Waals surface area contributed by atoms with Gasteiger partial charge in [-0.1, -0.05) is 11.2 Å². The molecule has 0 bridgehead atoms. The summed E-state index contributed by atoms with van der Waals surface area (Å²) < 4.78 is 5.28. The average Bonchev–Trinajstić information content (AvgIpc) is 3.57. The van der Waals surface area contributed by atoms with Crippen molar-refractivity contribution in [3.63, 3.8) is 0 Å². The molecule has 1 saturated heterocycles. The largest absolute Gasteiger partial charge is 0.356 e. The highest BCUT2D eigenvalue weighted by Gasteiger charge is 2.16. The zero-order valence-electron chi connectivity index (χ0n) is 17.5. The molecule has 1 aliphatic rings. The van der Waals surface area contributed by atoms with E-state index in [2.05, 4.69) is 30.7 Å². The first-order valence-electron chi connectivity index (χ1n) is 10.4. The van der Waals surface area contributed by atoms with Crippen LogP contribution in [0.5, 0.6) is 0 Å². The fourth-order valence-corrected chi connectivity index (χ4v) is 4.29. The van der Waals surface area contributed by atoms with Gasteiger partial charge in [0.2, 0.25) is 0 Å². The molecule has 8 nitrogen and oxygen atoms in total. The number of rotatable bonds is 6. The third kappa shape index (κ3) is 4.47. The van der Waals surface area contributed by atoms with E-state index in [4.69, 9.17) is 4.52 Å². The van der Waals surface area contributed by atoms with Crippen LogP contribution in [0.1, 0.15) is 29.2 Å². The molecular weight excluding hydrogens is 424 g/mol. The van der Waals surface area contributed by atoms with Crippen LogP contribution in [0, 0.1) is 6.92 Å². The first-order valence-corrected chi connectivity index (χ1v) is 11.3. The van der Waals surface area contributed by atoms with Gasteiger partial charge in [0.1, 0.15) is 17.5 Å². The maximum atomic E-state index is 12.5. The van der Waals surface area contributed by atoms with Gasteiger partial charge in [0.25, 0.3) is 5.91 Å². The maximum absolute atomic E-state index is 12.5. The van der Waals surface area contributed by atoms with Gasteiger partial charge in [-0.15, -0.1) is 11.3 Å². The average molecular weight is 447 g/mol. The number of carbonyl (C=O) groups is 1. The molecule has 5 rings (SSSR count). The SMILES string of the molecule is Cc1nc(Nc2ccc(NC(=O)c3cc(-c4cccs4)on3)cc2)cc(N2CCCC2)n1. The first kappa shape index (κ1) is 20.2. The molecule has 1 aromatic carbocycles. The van der Waals surface area contributed by atoms with E-state index in [-0.39, 0.29) is 11.6 Å². The third-order valence-corrected chi connectivity index (χ3v) is 6.06. The van der Waals surface area contributed by atoms with Crippen molar-refractivity contribution in [1.82, 2.24) is 15.1 Å². The lowest BCUT2D eigenvalue weighted by atomic mass is 10.2. The summed E-state index contributed by atoms with van der Waals surface area (Å²) in [6, 6.07) is 14.9. The number of thiophene rings is 1. The summed E-state index contributed by atoms with van der Waals surface area (Å²) in [6.07, 6.45) is 2.39. The quantitative estimate of drug-likeness (QED) is 0.425. The van der Waals surface area contributed by atoms with E-state index in [0.29, 0.717) is 11.4 Å². The van der Waals surface area contributed by atoms with E-state index >= 15 is 0 Å². The highest BCUT2D eigenvalue weighted by molar-refractivity contribution is 7.13. The fraction of sp³-hybridized carbons (Fsp3) is 0.217. The van der Waals surface area contributed by atoms with Crippen LogP contribution in [0.2, 0.25) is 0 Å². The minimum absolute atomic E-state index is 0.238. The van der Waals surface area contributed by atoms with E-state index < -0.39 is 0 Å². The predicted molar refractivity (Wildman–Crippen MR) is 126 cm³/mol. The molecule has 1 fully saturated rings. The topological polar surface area (TPSA) is 96.2 Å². The number of hydrogen-bond donors (Lipinski definition) is 2. The summed E-state index contributed by atoms with van der Waals surface area (Å²) in [4.78, 5) is 24.8. The van der Waals surface area contributed by atoms with E-state index in [1.165, 1.54) is 24.2 Å². The van der Waals surface area contributed by atoms with Crippen molar-refractivity contribution in [1.29, 1.82) is 0 Å². The molecule has 4 heterocycles. The Labute approximate surface area is 189 Å². The normalized spacial score (nSPS) is 13.3. The third-order valence-electron chi connectivity index (χ3n) is 5.18. The van der Waals surface area contributed by atoms with Crippen LogP contribution >= 0.6 is 11.3 Å². The summed E-state index contributed by atoms with van der Waals surface area (Å²) in [6.45, 7) is 3.96. The minimum atomic E-state index is -0.320. The number of nitrogens with zero attached hydrogens (tertiary/aromatic N) is 4. The molecule has 0 spiro atoms. The van der Waals surface area contributed by atoms with Crippen molar-refractivity contribution in [3.8, 4) is 10.6 Å². The number of nitrogens with one attached hydrogen (secondary N) is 2. The van der Waals surface area contributed by atoms with Crippen molar-refractivity contribution in [2.24, 2.45) is 0 Å². The summed E-state index contributed by atoms with van der Waals surface area (Å²) in [5.74, 6) is 2.70. The zero-order valence-corrected chi connectivity index (χ0v) is 18.4. The molecule has 32 heavy (non-hydrogen) atoms. The number of carbonyl (C=O) groups excluding carboxylic acids is 1. The fourth-order valence-electron chi connectivity index (χ4n) is 3.62. The molecule has 0 saturated carbocycles. The van der Waals surface area contributed by atoms with Gasteiger partial charge in [0.15, 0.2) is 11.5 Å². The van der Waals surface area contributed by atoms with Crippen LogP contribution < -0.4 is 15.5 Å². The Hall–Kier alpha value is -3.72. The van der Waals surface area contributed by atoms with Gasteiger partial charge < -0.3 is 20.1 Å². The predicted octanol–water partition coefficient (Wildman–Crippen LogP) is 5.10. The molecule has 2 N–H and O–H groups in total. The molecule has 3 aromatic heterocycles. The molecule has 4 aromatic rings. The lowest BCUT2D eigenvalue weighted by Gasteiger charge is -2.18. The Bertz CT molecular complexity index is 1210. The molecule has 1 amide bonds. The number of benzene rings is 1. The Morgan fingerprint density at radius 3 is 2.59 bits per heavy atom. The smallest absolute Gasteiger partial charge is 0.277 e. The van der Waals surface area contributed by atoms with Gasteiger partial charge in [-0.05, 0) is 55.5 Å². The number of aryl methyl sites for hydroxylation is 1. The van der Waals surface area contributed by atoms with E-state index in [9.17, 15) is 4.79 Å². The maximum Gasteiger partial charge on any atom is 0.277 e. The molecule has 0 unspecified atom stereocenters. The van der Waals surface area contributed by atoms with Gasteiger partial charge in [-0.3, -0.25) is 4.79 Å². The van der Waals surface area contributed by atoms with E-state index in [1.54, 1.807) is 6.07 Å². The second kappa shape index (κ2) is 8.80. The van der Waals surface area contributed by atoms with Gasteiger partial charge in [-0.25, -0.2) is 9.97 Å². The Morgan fingerprint density at radius 2 is 1.84 bits per heavy atom. The minimum Gasteiger partial charge on any atom is -0.356 e. The van der Waals surface area contributed by atoms with Crippen molar-refractivity contribution in [3.05, 3.63) is 65.4 Å². The van der Waals surface area contributed by atoms with Crippen molar-refractivity contribution in [2.75, 3.05) is 28.6 Å². The number of anilines is 4. The Morgan fingerprint density at radius 1 is 1.06 bits per heavy atom. The van der Waals surface area contributed by atoms with Gasteiger partial charge >= 0.3 is 0 Å². The van der Waals surface area contributed by atoms with E-state index in [0.717, 1.165) is 41.1 Å². The highest BCUT2D eigenvalue weighted by Crippen LogP contribution is 2.26. The van der Waals surface area contributed by atoms with Crippen LogP contribution in [-0.4, -0.2) is 34.1 Å². The number of hydrogen-bond acceptors (Lipinski definition) is 8. The van der Waals surface area contributed by atoms with Crippen LogP contribution in [-0.2, 0) is 0 Å². The first-order chi connectivity index (χ1) is 15.6. The summed E-state index contributed by atoms with van der Waals surface area (Å²) >= 11 is 1.53. The van der Waals surface area contributed by atoms with Gasteiger partial charge in [0, 0.05) is 36.6 Å². The van der Waals surface area contributed by atoms with E-state index in [1.807, 2.05) is 54.8 Å². The molecule has 0 atom stereocenters. The van der Waals surface area contributed by atoms with Crippen LogP contribution in [0.25, 0.3) is 10.6 Å². The second-order valence-electron chi connectivity index (χ2n) is 7.56. The number of amides is 1. The molecular formula is C23H22N6O2S. The van der Waals surface area contributed by atoms with Gasteiger partial charge in [0.05, 0.1) is 4.88 Å². The standard InChI is InChI=1S/C23H22N6O2S/c1-15-24-21(14-22(25-15)29-10-2-3-11-29)26-16-6-8-17(9-7-16)27-23(30)18-13-19(31-28-18)20-5-4-12-32-20/h4-9,12-14H,2-3,10-11H2,1H3,(H,27,30)(H,24,25,26). The van der Waals surface area contributed by atoms with Crippen LogP contribution in [0.15, 0.2) is 58.4 Å². The molecule has 162 valence electrons. The van der Waals surface area contributed by atoms with Crippen LogP contribution in [0.4, 0.5) is 23.0 Å². The Kier molecular flexibility index (Phi) is 5.55. The zero-order chi connectivity index (χ0) is 21.9. The van der Waals surface area contributed by atoms with Gasteiger partial charge in [-0.2, -0.15) is 0 Å². The van der Waals surface area contributed by atoms with Crippen molar-refractivity contribution < 1.29 is 9.32 Å². The lowest BCUT2D eigenvalue weighted by molar-refractivity contribution is 0.101. The monoisotopic (exact) mass is 446 g/mol. The summed E-state index contributed by atoms with van der Waals surface area (Å²) in [5, 5.41) is 12.0. The highest BCUT2D eigenvalue weighted by atomic mass is 32.1. The summed E-state index contributed by atoms with van der Waals surface area (Å²) in [7, 11) is 0. The second-order valence-corrected chi connectivity index (χ2v) is 8.51. The number of aromatic nitrogens is 3. The molecule has 9 heteroatoms. The lowest BCUT2D eigenvalue weighted by Crippen LogP contribution is -2.19. The Balaban J connectivity index is 1.24. The van der Waals surface area contributed by atoms with Crippen molar-refractivity contribution in [2.45, 2.75) is 19.8 Å². The van der Waals surface area contributed by atoms with Crippen molar-refractivity contribution >= 4 is 40.3 Å². The van der Waals surface area contributed by atoms with Crippen LogP contribution in [0.3, 0.4) is 0 Å². The molecule has 0 aliphatic carbocycles.